The van der Waals surface area contributed by atoms with Crippen molar-refractivity contribution in [1.29, 1.82) is 0 Å². The van der Waals surface area contributed by atoms with Gasteiger partial charge in [-0.1, -0.05) is 66.7 Å². The predicted octanol–water partition coefficient (Wildman–Crippen LogP) is 5.95. The first-order valence-corrected chi connectivity index (χ1v) is 12.4. The van der Waals surface area contributed by atoms with Crippen molar-refractivity contribution in [3.05, 3.63) is 64.1 Å². The predicted molar refractivity (Wildman–Crippen MR) is 129 cm³/mol. The summed E-state index contributed by atoms with van der Waals surface area (Å²) in [7, 11) is 0. The van der Waals surface area contributed by atoms with Crippen molar-refractivity contribution >= 4 is 46.8 Å². The zero-order chi connectivity index (χ0) is 22.2. The number of hydrogen-bond donors (Lipinski definition) is 1. The Labute approximate surface area is 198 Å². The lowest BCUT2D eigenvalue weighted by molar-refractivity contribution is -0.139. The molecule has 0 heterocycles. The van der Waals surface area contributed by atoms with Crippen LogP contribution >= 0.6 is 35.0 Å². The van der Waals surface area contributed by atoms with E-state index >= 15 is 0 Å². The summed E-state index contributed by atoms with van der Waals surface area (Å²) in [5.74, 6) is 0.0252. The molecule has 4 nitrogen and oxygen atoms in total. The molecule has 1 saturated carbocycles. The van der Waals surface area contributed by atoms with E-state index in [2.05, 4.69) is 5.32 Å². The highest BCUT2D eigenvalue weighted by Gasteiger charge is 2.28. The molecular weight excluding hydrogens is 451 g/mol. The Kier molecular flexibility index (Phi) is 9.12. The topological polar surface area (TPSA) is 49.4 Å². The number of rotatable bonds is 8. The van der Waals surface area contributed by atoms with Gasteiger partial charge in [0.2, 0.25) is 11.8 Å². The zero-order valence-electron chi connectivity index (χ0n) is 17.7. The van der Waals surface area contributed by atoms with Gasteiger partial charge in [0, 0.05) is 27.5 Å². The van der Waals surface area contributed by atoms with Gasteiger partial charge in [0.1, 0.15) is 6.04 Å². The van der Waals surface area contributed by atoms with Gasteiger partial charge in [-0.15, -0.1) is 11.8 Å². The molecule has 1 fully saturated rings. The first-order chi connectivity index (χ1) is 14.9. The number of benzene rings is 2. The highest BCUT2D eigenvalue weighted by molar-refractivity contribution is 8.00. The highest BCUT2D eigenvalue weighted by atomic mass is 35.5. The monoisotopic (exact) mass is 478 g/mol. The number of nitrogens with zero attached hydrogens (tertiary/aromatic N) is 1. The number of carbonyl (C=O) groups excluding carboxylic acids is 2. The van der Waals surface area contributed by atoms with Crippen LogP contribution in [0.4, 0.5) is 0 Å². The summed E-state index contributed by atoms with van der Waals surface area (Å²) in [5.41, 5.74) is 0.765. The molecule has 1 aliphatic rings. The van der Waals surface area contributed by atoms with E-state index in [1.54, 1.807) is 30.0 Å². The van der Waals surface area contributed by atoms with Crippen molar-refractivity contribution < 1.29 is 9.59 Å². The van der Waals surface area contributed by atoms with Crippen LogP contribution in [0.25, 0.3) is 0 Å². The second kappa shape index (κ2) is 11.8. The third-order valence-electron chi connectivity index (χ3n) is 5.58. The number of halogens is 2. The van der Waals surface area contributed by atoms with Gasteiger partial charge in [0.05, 0.1) is 5.75 Å². The standard InChI is InChI=1S/C24H28Cl2N2O2S/c1-17(24(30)27-20-8-4-2-5-9-20)28(15-18-12-13-19(25)14-22(18)26)23(29)16-31-21-10-6-3-7-11-21/h3,6-7,10-14,17,20H,2,4-5,8-9,15-16H2,1H3,(H,27,30). The molecule has 0 spiro atoms. The molecule has 3 rings (SSSR count). The van der Waals surface area contributed by atoms with Crippen LogP contribution in [0.3, 0.4) is 0 Å². The number of hydrogen-bond acceptors (Lipinski definition) is 3. The number of thioether (sulfide) groups is 1. The van der Waals surface area contributed by atoms with Crippen molar-refractivity contribution in [3.8, 4) is 0 Å². The van der Waals surface area contributed by atoms with E-state index in [0.29, 0.717) is 10.0 Å². The van der Waals surface area contributed by atoms with Gasteiger partial charge in [-0.2, -0.15) is 0 Å². The minimum Gasteiger partial charge on any atom is -0.352 e. The van der Waals surface area contributed by atoms with E-state index in [1.807, 2.05) is 30.3 Å². The van der Waals surface area contributed by atoms with E-state index < -0.39 is 6.04 Å². The highest BCUT2D eigenvalue weighted by Crippen LogP contribution is 2.25. The fourth-order valence-electron chi connectivity index (χ4n) is 3.73. The van der Waals surface area contributed by atoms with Gasteiger partial charge < -0.3 is 10.2 Å². The molecule has 1 N–H and O–H groups in total. The van der Waals surface area contributed by atoms with Crippen LogP contribution in [0.15, 0.2) is 53.4 Å². The zero-order valence-corrected chi connectivity index (χ0v) is 20.0. The van der Waals surface area contributed by atoms with Crippen molar-refractivity contribution in [2.75, 3.05) is 5.75 Å². The quantitative estimate of drug-likeness (QED) is 0.476. The molecule has 0 saturated heterocycles. The summed E-state index contributed by atoms with van der Waals surface area (Å²) in [6, 6.07) is 14.6. The fourth-order valence-corrected chi connectivity index (χ4v) is 5.00. The van der Waals surface area contributed by atoms with Gasteiger partial charge in [-0.05, 0) is 49.6 Å². The Bertz CT molecular complexity index is 888. The van der Waals surface area contributed by atoms with Crippen molar-refractivity contribution in [2.24, 2.45) is 0 Å². The molecule has 0 bridgehead atoms. The lowest BCUT2D eigenvalue weighted by Crippen LogP contribution is -2.50. The molecule has 31 heavy (non-hydrogen) atoms. The molecule has 0 radical (unpaired) electrons. The average molecular weight is 479 g/mol. The van der Waals surface area contributed by atoms with E-state index in [4.69, 9.17) is 23.2 Å². The summed E-state index contributed by atoms with van der Waals surface area (Å²) in [6.07, 6.45) is 5.49. The van der Waals surface area contributed by atoms with Crippen LogP contribution in [-0.2, 0) is 16.1 Å². The maximum absolute atomic E-state index is 13.2. The van der Waals surface area contributed by atoms with Crippen LogP contribution in [-0.4, -0.2) is 34.6 Å². The summed E-state index contributed by atoms with van der Waals surface area (Å²) < 4.78 is 0. The molecule has 2 amide bonds. The molecule has 166 valence electrons. The molecule has 7 heteroatoms. The summed E-state index contributed by atoms with van der Waals surface area (Å²) in [6.45, 7) is 2.04. The summed E-state index contributed by atoms with van der Waals surface area (Å²) >= 11 is 13.8. The Morgan fingerprint density at radius 3 is 2.48 bits per heavy atom. The van der Waals surface area contributed by atoms with Crippen molar-refractivity contribution in [1.82, 2.24) is 10.2 Å². The second-order valence-corrected chi connectivity index (χ2v) is 9.77. The normalized spacial score (nSPS) is 15.3. The Morgan fingerprint density at radius 2 is 1.81 bits per heavy atom. The maximum atomic E-state index is 13.2. The fraction of sp³-hybridized carbons (Fsp3) is 0.417. The Morgan fingerprint density at radius 1 is 1.10 bits per heavy atom. The van der Waals surface area contributed by atoms with E-state index in [9.17, 15) is 9.59 Å². The van der Waals surface area contributed by atoms with Gasteiger partial charge in [-0.25, -0.2) is 0 Å². The minimum atomic E-state index is -0.599. The molecule has 0 aliphatic heterocycles. The first-order valence-electron chi connectivity index (χ1n) is 10.7. The van der Waals surface area contributed by atoms with E-state index in [-0.39, 0.29) is 30.2 Å². The van der Waals surface area contributed by atoms with Crippen LogP contribution in [0.2, 0.25) is 10.0 Å². The van der Waals surface area contributed by atoms with Gasteiger partial charge in [0.15, 0.2) is 0 Å². The lowest BCUT2D eigenvalue weighted by atomic mass is 9.95. The van der Waals surface area contributed by atoms with Crippen LogP contribution in [0.5, 0.6) is 0 Å². The third kappa shape index (κ3) is 7.16. The van der Waals surface area contributed by atoms with Gasteiger partial charge in [-0.3, -0.25) is 9.59 Å². The summed E-state index contributed by atoms with van der Waals surface area (Å²) in [5, 5.41) is 4.17. The first kappa shape index (κ1) is 24.0. The van der Waals surface area contributed by atoms with Crippen molar-refractivity contribution in [3.63, 3.8) is 0 Å². The Balaban J connectivity index is 1.73. The molecule has 1 aliphatic carbocycles. The van der Waals surface area contributed by atoms with Crippen LogP contribution in [0.1, 0.15) is 44.6 Å². The largest absolute Gasteiger partial charge is 0.352 e. The van der Waals surface area contributed by atoms with E-state index in [1.165, 1.54) is 18.2 Å². The maximum Gasteiger partial charge on any atom is 0.242 e. The van der Waals surface area contributed by atoms with Gasteiger partial charge >= 0.3 is 0 Å². The molecule has 2 aromatic rings. The lowest BCUT2D eigenvalue weighted by Gasteiger charge is -2.31. The van der Waals surface area contributed by atoms with Gasteiger partial charge in [0.25, 0.3) is 0 Å². The SMILES string of the molecule is CC(C(=O)NC1CCCCC1)N(Cc1ccc(Cl)cc1Cl)C(=O)CSc1ccccc1. The molecule has 0 aromatic heterocycles. The third-order valence-corrected chi connectivity index (χ3v) is 7.16. The van der Waals surface area contributed by atoms with Crippen LogP contribution < -0.4 is 5.32 Å². The second-order valence-electron chi connectivity index (χ2n) is 7.88. The number of amides is 2. The van der Waals surface area contributed by atoms with E-state index in [0.717, 1.165) is 36.1 Å². The molecule has 1 unspecified atom stereocenters. The minimum absolute atomic E-state index is 0.105. The molecule has 1 atom stereocenters. The number of nitrogens with one attached hydrogen (secondary N) is 1. The summed E-state index contributed by atoms with van der Waals surface area (Å²) in [4.78, 5) is 28.8. The molecule has 2 aromatic carbocycles. The Hall–Kier alpha value is -1.69. The number of carbonyl (C=O) groups is 2. The van der Waals surface area contributed by atoms with Crippen LogP contribution in [0, 0.1) is 0 Å². The van der Waals surface area contributed by atoms with Crippen molar-refractivity contribution in [2.45, 2.75) is 62.6 Å². The average Bonchev–Trinajstić information content (AvgIpc) is 2.78. The molecular formula is C24H28Cl2N2O2S. The smallest absolute Gasteiger partial charge is 0.242 e.